The van der Waals surface area contributed by atoms with Gasteiger partial charge in [0.2, 0.25) is 0 Å². The topological polar surface area (TPSA) is 43.1 Å². The maximum absolute atomic E-state index is 11.2. The first-order valence-corrected chi connectivity index (χ1v) is 8.42. The van der Waals surface area contributed by atoms with Crippen molar-refractivity contribution >= 4 is 37.5 Å². The Morgan fingerprint density at radius 2 is 2.00 bits per heavy atom. The van der Waals surface area contributed by atoms with Gasteiger partial charge in [-0.15, -0.1) is 0 Å². The zero-order chi connectivity index (χ0) is 15.0. The van der Waals surface area contributed by atoms with E-state index in [9.17, 15) is 10.1 Å². The third-order valence-electron chi connectivity index (χ3n) is 3.97. The Kier molecular flexibility index (Phi) is 4.13. The second kappa shape index (κ2) is 5.89. The van der Waals surface area contributed by atoms with E-state index in [0.29, 0.717) is 12.3 Å². The lowest BCUT2D eigenvalue weighted by Gasteiger charge is -2.14. The van der Waals surface area contributed by atoms with Gasteiger partial charge in [0.25, 0.3) is 5.69 Å². The van der Waals surface area contributed by atoms with Crippen LogP contribution in [0.25, 0.3) is 0 Å². The predicted molar refractivity (Wildman–Crippen MR) is 89.8 cm³/mol. The van der Waals surface area contributed by atoms with Gasteiger partial charge in [0.1, 0.15) is 0 Å². The summed E-state index contributed by atoms with van der Waals surface area (Å²) in [5, 5.41) is 11.2. The Labute approximate surface area is 139 Å². The standard InChI is InChI=1S/C16H13Br2NO2/c17-13-6-5-11(15(9-13)19(20)21)8-12-7-10-3-1-2-4-14(10)16(12)18/h1-6,9,12,16H,7-8H2. The first-order valence-electron chi connectivity index (χ1n) is 6.71. The molecule has 3 nitrogen and oxygen atoms in total. The molecular weight excluding hydrogens is 398 g/mol. The van der Waals surface area contributed by atoms with E-state index in [4.69, 9.17) is 0 Å². The fraction of sp³-hybridized carbons (Fsp3) is 0.250. The number of fused-ring (bicyclic) bond motifs is 1. The molecule has 0 fully saturated rings. The van der Waals surface area contributed by atoms with Crippen molar-refractivity contribution in [3.05, 3.63) is 73.7 Å². The number of hydrogen-bond acceptors (Lipinski definition) is 2. The van der Waals surface area contributed by atoms with E-state index in [-0.39, 0.29) is 15.4 Å². The third kappa shape index (κ3) is 2.90. The first kappa shape index (κ1) is 14.7. The molecule has 0 aliphatic heterocycles. The highest BCUT2D eigenvalue weighted by Gasteiger charge is 2.31. The SMILES string of the molecule is O=[N+]([O-])c1cc(Br)ccc1CC1Cc2ccccc2C1Br. The molecule has 1 aliphatic rings. The van der Waals surface area contributed by atoms with Gasteiger partial charge in [0, 0.05) is 20.9 Å². The van der Waals surface area contributed by atoms with E-state index in [1.165, 1.54) is 11.1 Å². The summed E-state index contributed by atoms with van der Waals surface area (Å²) in [5.41, 5.74) is 3.64. The van der Waals surface area contributed by atoms with Gasteiger partial charge in [-0.05, 0) is 36.0 Å². The molecule has 0 spiro atoms. The molecule has 2 unspecified atom stereocenters. The van der Waals surface area contributed by atoms with Crippen LogP contribution in [-0.4, -0.2) is 4.92 Å². The summed E-state index contributed by atoms with van der Waals surface area (Å²) in [6, 6.07) is 13.7. The van der Waals surface area contributed by atoms with Crippen LogP contribution in [0.1, 0.15) is 21.5 Å². The normalized spacial score (nSPS) is 20.3. The highest BCUT2D eigenvalue weighted by Crippen LogP contribution is 2.44. The molecule has 108 valence electrons. The van der Waals surface area contributed by atoms with Crippen molar-refractivity contribution in [2.75, 3.05) is 0 Å². The lowest BCUT2D eigenvalue weighted by Crippen LogP contribution is -2.08. The van der Waals surface area contributed by atoms with Gasteiger partial charge in [-0.1, -0.05) is 62.2 Å². The van der Waals surface area contributed by atoms with E-state index in [2.05, 4.69) is 44.0 Å². The smallest absolute Gasteiger partial charge is 0.258 e. The third-order valence-corrected chi connectivity index (χ3v) is 5.71. The predicted octanol–water partition coefficient (Wildman–Crippen LogP) is 5.21. The van der Waals surface area contributed by atoms with Crippen molar-refractivity contribution < 1.29 is 4.92 Å². The summed E-state index contributed by atoms with van der Waals surface area (Å²) in [6.07, 6.45) is 1.66. The minimum absolute atomic E-state index is 0.194. The molecule has 0 N–H and O–H groups in total. The second-order valence-electron chi connectivity index (χ2n) is 5.30. The van der Waals surface area contributed by atoms with Gasteiger partial charge in [-0.25, -0.2) is 0 Å². The second-order valence-corrected chi connectivity index (χ2v) is 7.20. The van der Waals surface area contributed by atoms with Crippen LogP contribution in [0.2, 0.25) is 0 Å². The van der Waals surface area contributed by atoms with Crippen LogP contribution >= 0.6 is 31.9 Å². The number of benzene rings is 2. The maximum atomic E-state index is 11.2. The molecule has 5 heteroatoms. The Hall–Kier alpha value is -1.20. The molecular formula is C16H13Br2NO2. The first-order chi connectivity index (χ1) is 10.1. The molecule has 0 heterocycles. The highest BCUT2D eigenvalue weighted by atomic mass is 79.9. The molecule has 0 amide bonds. The van der Waals surface area contributed by atoms with E-state index < -0.39 is 0 Å². The summed E-state index contributed by atoms with van der Waals surface area (Å²) in [6.45, 7) is 0. The Morgan fingerprint density at radius 1 is 1.24 bits per heavy atom. The van der Waals surface area contributed by atoms with Gasteiger partial charge in [0.05, 0.1) is 4.92 Å². The summed E-state index contributed by atoms with van der Waals surface area (Å²) < 4.78 is 0.739. The van der Waals surface area contributed by atoms with Crippen molar-refractivity contribution in [3.8, 4) is 0 Å². The number of nitro benzene ring substituents is 1. The molecule has 0 bridgehead atoms. The van der Waals surface area contributed by atoms with Gasteiger partial charge >= 0.3 is 0 Å². The van der Waals surface area contributed by atoms with Gasteiger partial charge in [0.15, 0.2) is 0 Å². The van der Waals surface area contributed by atoms with Crippen LogP contribution in [0.3, 0.4) is 0 Å². The molecule has 2 aromatic rings. The van der Waals surface area contributed by atoms with Crippen molar-refractivity contribution in [2.45, 2.75) is 17.7 Å². The number of hydrogen-bond donors (Lipinski definition) is 0. The zero-order valence-electron chi connectivity index (χ0n) is 11.1. The Balaban J connectivity index is 1.88. The lowest BCUT2D eigenvalue weighted by molar-refractivity contribution is -0.385. The molecule has 0 radical (unpaired) electrons. The van der Waals surface area contributed by atoms with Gasteiger partial charge in [-0.3, -0.25) is 10.1 Å². The monoisotopic (exact) mass is 409 g/mol. The molecule has 3 rings (SSSR count). The molecule has 1 aliphatic carbocycles. The zero-order valence-corrected chi connectivity index (χ0v) is 14.3. The minimum Gasteiger partial charge on any atom is -0.258 e. The summed E-state index contributed by atoms with van der Waals surface area (Å²) in [4.78, 5) is 11.2. The number of nitrogens with zero attached hydrogens (tertiary/aromatic N) is 1. The number of alkyl halides is 1. The van der Waals surface area contributed by atoms with Crippen molar-refractivity contribution in [1.82, 2.24) is 0 Å². The van der Waals surface area contributed by atoms with Crippen LogP contribution in [0, 0.1) is 16.0 Å². The van der Waals surface area contributed by atoms with Gasteiger partial charge < -0.3 is 0 Å². The minimum atomic E-state index is -0.300. The Bertz CT molecular complexity index is 702. The molecule has 0 saturated carbocycles. The summed E-state index contributed by atoms with van der Waals surface area (Å²) in [7, 11) is 0. The van der Waals surface area contributed by atoms with E-state index in [0.717, 1.165) is 16.5 Å². The lowest BCUT2D eigenvalue weighted by atomic mass is 9.95. The highest BCUT2D eigenvalue weighted by molar-refractivity contribution is 9.10. The van der Waals surface area contributed by atoms with Crippen LogP contribution in [0.5, 0.6) is 0 Å². The molecule has 0 aromatic heterocycles. The number of rotatable bonds is 3. The average molecular weight is 411 g/mol. The van der Waals surface area contributed by atoms with E-state index in [1.54, 1.807) is 6.07 Å². The molecule has 0 saturated heterocycles. The van der Waals surface area contributed by atoms with Crippen molar-refractivity contribution in [2.24, 2.45) is 5.92 Å². The van der Waals surface area contributed by atoms with Crippen LogP contribution < -0.4 is 0 Å². The van der Waals surface area contributed by atoms with Gasteiger partial charge in [-0.2, -0.15) is 0 Å². The number of nitro groups is 1. The maximum Gasteiger partial charge on any atom is 0.273 e. The largest absolute Gasteiger partial charge is 0.273 e. The molecule has 2 atom stereocenters. The van der Waals surface area contributed by atoms with Crippen LogP contribution in [-0.2, 0) is 12.8 Å². The van der Waals surface area contributed by atoms with Crippen LogP contribution in [0.4, 0.5) is 5.69 Å². The fourth-order valence-corrected chi connectivity index (χ4v) is 4.14. The quantitative estimate of drug-likeness (QED) is 0.396. The van der Waals surface area contributed by atoms with Crippen molar-refractivity contribution in [3.63, 3.8) is 0 Å². The van der Waals surface area contributed by atoms with Crippen LogP contribution in [0.15, 0.2) is 46.9 Å². The Morgan fingerprint density at radius 3 is 2.71 bits per heavy atom. The van der Waals surface area contributed by atoms with E-state index >= 15 is 0 Å². The summed E-state index contributed by atoms with van der Waals surface area (Å²) >= 11 is 7.06. The average Bonchev–Trinajstić information content (AvgIpc) is 2.78. The van der Waals surface area contributed by atoms with Crippen molar-refractivity contribution in [1.29, 1.82) is 0 Å². The summed E-state index contributed by atoms with van der Waals surface area (Å²) in [5.74, 6) is 0.349. The number of halogens is 2. The molecule has 21 heavy (non-hydrogen) atoms. The molecule has 2 aromatic carbocycles. The van der Waals surface area contributed by atoms with E-state index in [1.807, 2.05) is 24.3 Å². The fourth-order valence-electron chi connectivity index (χ4n) is 2.97.